The number of hydrogen-bond acceptors (Lipinski definition) is 7. The van der Waals surface area contributed by atoms with Crippen LogP contribution in [0.5, 0.6) is 0 Å². The standard InChI is InChI=1S/C22H31N7O3S/c1-22(2)6-4-5-17(22)29-13-15(19-18(21(29)30)20(23)25-24-19)16-11-14(27(3)26-16)12-28-7-9-33(31,32)10-8-28/h11,13,17H,4-10,12H2,1-3H3,(H3,23,24,25). The number of aromatic amines is 1. The smallest absolute Gasteiger partial charge is 0.264 e. The Morgan fingerprint density at radius 3 is 2.67 bits per heavy atom. The Bertz CT molecular complexity index is 1370. The highest BCUT2D eigenvalue weighted by molar-refractivity contribution is 7.91. The van der Waals surface area contributed by atoms with Gasteiger partial charge in [-0.05, 0) is 24.3 Å². The summed E-state index contributed by atoms with van der Waals surface area (Å²) in [6.45, 7) is 6.06. The molecule has 0 spiro atoms. The molecule has 1 saturated heterocycles. The van der Waals surface area contributed by atoms with E-state index in [2.05, 4.69) is 28.9 Å². The lowest BCUT2D eigenvalue weighted by molar-refractivity contribution is 0.257. The monoisotopic (exact) mass is 473 g/mol. The molecule has 2 aliphatic rings. The van der Waals surface area contributed by atoms with Crippen LogP contribution >= 0.6 is 0 Å². The molecule has 5 rings (SSSR count). The predicted molar refractivity (Wildman–Crippen MR) is 128 cm³/mol. The van der Waals surface area contributed by atoms with Crippen molar-refractivity contribution in [3.63, 3.8) is 0 Å². The highest BCUT2D eigenvalue weighted by Gasteiger charge is 2.37. The summed E-state index contributed by atoms with van der Waals surface area (Å²) in [6.07, 6.45) is 5.00. The molecule has 1 atom stereocenters. The summed E-state index contributed by atoms with van der Waals surface area (Å²) in [5, 5.41) is 12.2. The van der Waals surface area contributed by atoms with E-state index in [4.69, 9.17) is 10.8 Å². The zero-order chi connectivity index (χ0) is 23.5. The van der Waals surface area contributed by atoms with Gasteiger partial charge in [0.05, 0.1) is 28.4 Å². The van der Waals surface area contributed by atoms with E-state index in [0.29, 0.717) is 30.5 Å². The van der Waals surface area contributed by atoms with Gasteiger partial charge >= 0.3 is 0 Å². The van der Waals surface area contributed by atoms with Crippen molar-refractivity contribution in [2.45, 2.75) is 45.7 Å². The van der Waals surface area contributed by atoms with E-state index in [9.17, 15) is 13.2 Å². The number of nitrogens with two attached hydrogens (primary N) is 1. The molecule has 0 aromatic carbocycles. The van der Waals surface area contributed by atoms with E-state index >= 15 is 0 Å². The van der Waals surface area contributed by atoms with Crippen molar-refractivity contribution < 1.29 is 8.42 Å². The predicted octanol–water partition coefficient (Wildman–Crippen LogP) is 1.69. The van der Waals surface area contributed by atoms with Crippen molar-refractivity contribution in [2.75, 3.05) is 30.3 Å². The van der Waals surface area contributed by atoms with E-state index in [0.717, 1.165) is 36.2 Å². The molecule has 1 saturated carbocycles. The quantitative estimate of drug-likeness (QED) is 0.589. The fraction of sp³-hybridized carbons (Fsp3) is 0.591. The SMILES string of the molecule is Cn1nc(-c2cn(C3CCCC3(C)C)c(=O)c3c(N)n[nH]c23)cc1CN1CCS(=O)(=O)CC1. The molecule has 178 valence electrons. The number of fused-ring (bicyclic) bond motifs is 1. The van der Waals surface area contributed by atoms with Gasteiger partial charge in [-0.1, -0.05) is 20.3 Å². The van der Waals surface area contributed by atoms with Crippen LogP contribution in [0.4, 0.5) is 5.82 Å². The molecule has 0 radical (unpaired) electrons. The van der Waals surface area contributed by atoms with Gasteiger partial charge in [-0.2, -0.15) is 10.2 Å². The van der Waals surface area contributed by atoms with E-state index in [1.54, 1.807) is 0 Å². The molecule has 1 unspecified atom stereocenters. The second-order valence-electron chi connectivity index (χ2n) is 10.1. The number of hydrogen-bond donors (Lipinski definition) is 2. The fourth-order valence-corrected chi connectivity index (χ4v) is 6.61. The van der Waals surface area contributed by atoms with Crippen LogP contribution in [0.1, 0.15) is 44.8 Å². The molecule has 11 heteroatoms. The average Bonchev–Trinajstić information content (AvgIpc) is 3.41. The molecule has 4 heterocycles. The summed E-state index contributed by atoms with van der Waals surface area (Å²) >= 11 is 0. The minimum Gasteiger partial charge on any atom is -0.382 e. The number of nitrogen functional groups attached to an aromatic ring is 1. The van der Waals surface area contributed by atoms with Crippen molar-refractivity contribution in [1.82, 2.24) is 29.4 Å². The fourth-order valence-electron chi connectivity index (χ4n) is 5.33. The van der Waals surface area contributed by atoms with Gasteiger partial charge in [-0.25, -0.2) is 8.42 Å². The van der Waals surface area contributed by atoms with Gasteiger partial charge in [0.2, 0.25) is 0 Å². The summed E-state index contributed by atoms with van der Waals surface area (Å²) in [5.41, 5.74) is 9.09. The molecule has 1 aliphatic carbocycles. The number of H-pyrrole nitrogens is 1. The number of aromatic nitrogens is 5. The number of nitrogens with one attached hydrogen (secondary N) is 1. The number of sulfone groups is 1. The lowest BCUT2D eigenvalue weighted by Gasteiger charge is -2.29. The van der Waals surface area contributed by atoms with Crippen LogP contribution in [0.2, 0.25) is 0 Å². The molecule has 2 fully saturated rings. The van der Waals surface area contributed by atoms with Crippen molar-refractivity contribution in [3.05, 3.63) is 28.3 Å². The van der Waals surface area contributed by atoms with Gasteiger partial charge in [0.25, 0.3) is 5.56 Å². The van der Waals surface area contributed by atoms with Crippen LogP contribution < -0.4 is 11.3 Å². The van der Waals surface area contributed by atoms with E-state index < -0.39 is 9.84 Å². The first-order valence-electron chi connectivity index (χ1n) is 11.4. The van der Waals surface area contributed by atoms with Crippen LogP contribution in [0.15, 0.2) is 17.1 Å². The Balaban J connectivity index is 1.56. The maximum absolute atomic E-state index is 13.4. The summed E-state index contributed by atoms with van der Waals surface area (Å²) in [7, 11) is -1.04. The lowest BCUT2D eigenvalue weighted by Crippen LogP contribution is -2.40. The Labute approximate surface area is 192 Å². The lowest BCUT2D eigenvalue weighted by atomic mass is 9.87. The third-order valence-corrected chi connectivity index (χ3v) is 9.00. The van der Waals surface area contributed by atoms with Gasteiger partial charge in [0, 0.05) is 44.5 Å². The van der Waals surface area contributed by atoms with Crippen molar-refractivity contribution in [3.8, 4) is 11.3 Å². The molecular weight excluding hydrogens is 442 g/mol. The number of nitrogens with zero attached hydrogens (tertiary/aromatic N) is 5. The number of aryl methyl sites for hydroxylation is 1. The second kappa shape index (κ2) is 7.69. The molecule has 0 bridgehead atoms. The largest absolute Gasteiger partial charge is 0.382 e. The van der Waals surface area contributed by atoms with Crippen molar-refractivity contribution in [2.24, 2.45) is 12.5 Å². The minimum atomic E-state index is -2.92. The van der Waals surface area contributed by atoms with Gasteiger partial charge in [-0.15, -0.1) is 0 Å². The summed E-state index contributed by atoms with van der Waals surface area (Å²) in [5.74, 6) is 0.578. The third kappa shape index (κ3) is 3.86. The summed E-state index contributed by atoms with van der Waals surface area (Å²) < 4.78 is 27.2. The molecular formula is C22H31N7O3S. The topological polar surface area (TPSA) is 132 Å². The molecule has 3 N–H and O–H groups in total. The van der Waals surface area contributed by atoms with Crippen molar-refractivity contribution in [1.29, 1.82) is 0 Å². The number of pyridine rings is 1. The van der Waals surface area contributed by atoms with Gasteiger partial charge in [0.1, 0.15) is 5.39 Å². The Morgan fingerprint density at radius 1 is 1.27 bits per heavy atom. The Morgan fingerprint density at radius 2 is 2.00 bits per heavy atom. The molecule has 33 heavy (non-hydrogen) atoms. The van der Waals surface area contributed by atoms with Crippen LogP contribution in [-0.2, 0) is 23.4 Å². The highest BCUT2D eigenvalue weighted by atomic mass is 32.2. The second-order valence-corrected chi connectivity index (χ2v) is 12.4. The van der Waals surface area contributed by atoms with Gasteiger partial charge in [0.15, 0.2) is 15.7 Å². The molecule has 1 aliphatic heterocycles. The number of rotatable bonds is 4. The first-order chi connectivity index (χ1) is 15.6. The van der Waals surface area contributed by atoms with Crippen molar-refractivity contribution >= 4 is 26.6 Å². The van der Waals surface area contributed by atoms with Crippen LogP contribution in [-0.4, -0.2) is 62.5 Å². The molecule has 3 aromatic heterocycles. The Kier molecular flexibility index (Phi) is 5.16. The van der Waals surface area contributed by atoms with E-state index in [-0.39, 0.29) is 34.3 Å². The van der Waals surface area contributed by atoms with Gasteiger partial charge in [-0.3, -0.25) is 19.5 Å². The van der Waals surface area contributed by atoms with Crippen LogP contribution in [0.25, 0.3) is 22.2 Å². The average molecular weight is 474 g/mol. The summed E-state index contributed by atoms with van der Waals surface area (Å²) in [6, 6.07) is 2.09. The van der Waals surface area contributed by atoms with E-state index in [1.807, 2.05) is 28.6 Å². The zero-order valence-corrected chi connectivity index (χ0v) is 20.2. The first kappa shape index (κ1) is 22.1. The Hall–Kier alpha value is -2.66. The first-order valence-corrected chi connectivity index (χ1v) is 13.2. The maximum atomic E-state index is 13.4. The maximum Gasteiger partial charge on any atom is 0.264 e. The highest BCUT2D eigenvalue weighted by Crippen LogP contribution is 2.46. The molecule has 3 aromatic rings. The zero-order valence-electron chi connectivity index (χ0n) is 19.3. The third-order valence-electron chi connectivity index (χ3n) is 7.39. The van der Waals surface area contributed by atoms with E-state index in [1.165, 1.54) is 0 Å². The number of anilines is 1. The van der Waals surface area contributed by atoms with Crippen LogP contribution in [0.3, 0.4) is 0 Å². The molecule has 10 nitrogen and oxygen atoms in total. The van der Waals surface area contributed by atoms with Crippen LogP contribution in [0, 0.1) is 5.41 Å². The summed E-state index contributed by atoms with van der Waals surface area (Å²) in [4.78, 5) is 15.5. The van der Waals surface area contributed by atoms with Gasteiger partial charge < -0.3 is 10.3 Å². The minimum absolute atomic E-state index is 0.0111. The molecule has 0 amide bonds. The normalized spacial score (nSPS) is 22.8.